The van der Waals surface area contributed by atoms with Crippen LogP contribution < -0.4 is 4.90 Å². The predicted octanol–water partition coefficient (Wildman–Crippen LogP) is 3.19. The number of benzene rings is 2. The van der Waals surface area contributed by atoms with Gasteiger partial charge in [0.2, 0.25) is 0 Å². The molecule has 0 aliphatic carbocycles. The van der Waals surface area contributed by atoms with Crippen LogP contribution in [0.15, 0.2) is 60.4 Å². The van der Waals surface area contributed by atoms with E-state index in [2.05, 4.69) is 33.0 Å². The van der Waals surface area contributed by atoms with E-state index >= 15 is 0 Å². The maximum absolute atomic E-state index is 10.7. The molecule has 0 radical (unpaired) electrons. The summed E-state index contributed by atoms with van der Waals surface area (Å²) in [6, 6.07) is 20.2. The van der Waals surface area contributed by atoms with E-state index < -0.39 is 0 Å². The highest BCUT2D eigenvalue weighted by atomic mass is 16.3. The first kappa shape index (κ1) is 18.1. The number of aliphatic hydroxyl groups is 1. The molecule has 0 atom stereocenters. The van der Waals surface area contributed by atoms with Gasteiger partial charge in [-0.1, -0.05) is 30.3 Å². The number of hydrogen-bond acceptors (Lipinski definition) is 5. The molecule has 0 saturated carbocycles. The van der Waals surface area contributed by atoms with Crippen LogP contribution in [-0.4, -0.2) is 52.3 Å². The predicted molar refractivity (Wildman–Crippen MR) is 111 cm³/mol. The first-order valence-electron chi connectivity index (χ1n) is 9.44. The molecule has 0 spiro atoms. The molecule has 142 valence electrons. The Morgan fingerprint density at radius 2 is 1.71 bits per heavy atom. The largest absolute Gasteiger partial charge is 0.509 e. The Balaban J connectivity index is 1.50. The molecule has 6 nitrogen and oxygen atoms in total. The van der Waals surface area contributed by atoms with Crippen molar-refractivity contribution < 1.29 is 5.11 Å². The first-order chi connectivity index (χ1) is 13.7. The van der Waals surface area contributed by atoms with Crippen LogP contribution >= 0.6 is 0 Å². The standard InChI is InChI=1S/C22H23N5O/c1-25-20-10-6-5-9-19(20)24-22(25)18(15-23)21(28)16-26-11-13-27(14-12-26)17-7-3-2-4-8-17/h2-10,28H,11-14,16H2,1H3/b21-18+. The van der Waals surface area contributed by atoms with Crippen molar-refractivity contribution in [2.45, 2.75) is 0 Å². The summed E-state index contributed by atoms with van der Waals surface area (Å²) >= 11 is 0. The van der Waals surface area contributed by atoms with Crippen molar-refractivity contribution in [3.8, 4) is 6.07 Å². The smallest absolute Gasteiger partial charge is 0.155 e. The number of aliphatic hydroxyl groups excluding tert-OH is 1. The number of fused-ring (bicyclic) bond motifs is 1. The summed E-state index contributed by atoms with van der Waals surface area (Å²) in [7, 11) is 1.87. The molecule has 2 heterocycles. The third-order valence-electron chi connectivity index (χ3n) is 5.28. The third-order valence-corrected chi connectivity index (χ3v) is 5.28. The number of aryl methyl sites for hydroxylation is 1. The molecule has 0 unspecified atom stereocenters. The molecular formula is C22H23N5O. The summed E-state index contributed by atoms with van der Waals surface area (Å²) in [5.74, 6) is 0.582. The van der Waals surface area contributed by atoms with Gasteiger partial charge in [0, 0.05) is 38.9 Å². The van der Waals surface area contributed by atoms with Crippen molar-refractivity contribution >= 4 is 22.3 Å². The fourth-order valence-electron chi connectivity index (χ4n) is 3.71. The number of nitriles is 1. The normalized spacial score (nSPS) is 16.1. The zero-order valence-electron chi connectivity index (χ0n) is 15.9. The van der Waals surface area contributed by atoms with Crippen LogP contribution in [0.1, 0.15) is 5.82 Å². The molecule has 0 bridgehead atoms. The van der Waals surface area contributed by atoms with Gasteiger partial charge in [0.05, 0.1) is 17.6 Å². The van der Waals surface area contributed by atoms with Crippen molar-refractivity contribution in [3.05, 3.63) is 66.2 Å². The maximum atomic E-state index is 10.7. The minimum atomic E-state index is 0.0778. The SMILES string of the molecule is Cn1c(/C(C#N)=C(/O)CN2CCN(c3ccccc3)CC2)nc2ccccc21. The number of nitrogens with zero attached hydrogens (tertiary/aromatic N) is 5. The van der Waals surface area contributed by atoms with Crippen molar-refractivity contribution in [3.63, 3.8) is 0 Å². The highest BCUT2D eigenvalue weighted by Crippen LogP contribution is 2.23. The number of anilines is 1. The fraction of sp³-hybridized carbons (Fsp3) is 0.273. The van der Waals surface area contributed by atoms with Crippen molar-refractivity contribution in [1.82, 2.24) is 14.5 Å². The monoisotopic (exact) mass is 373 g/mol. The Morgan fingerprint density at radius 3 is 2.39 bits per heavy atom. The molecular weight excluding hydrogens is 350 g/mol. The molecule has 4 rings (SSSR count). The van der Waals surface area contributed by atoms with Crippen LogP contribution in [-0.2, 0) is 7.05 Å². The lowest BCUT2D eigenvalue weighted by Gasteiger charge is -2.36. The number of imidazole rings is 1. The molecule has 2 aromatic carbocycles. The number of hydrogen-bond donors (Lipinski definition) is 1. The molecule has 1 aliphatic heterocycles. The van der Waals surface area contributed by atoms with Gasteiger partial charge in [-0.2, -0.15) is 5.26 Å². The summed E-state index contributed by atoms with van der Waals surface area (Å²) < 4.78 is 1.86. The van der Waals surface area contributed by atoms with Gasteiger partial charge in [0.1, 0.15) is 17.4 Å². The van der Waals surface area contributed by atoms with E-state index in [4.69, 9.17) is 0 Å². The first-order valence-corrected chi connectivity index (χ1v) is 9.44. The second-order valence-corrected chi connectivity index (χ2v) is 7.02. The summed E-state index contributed by atoms with van der Waals surface area (Å²) in [4.78, 5) is 9.06. The van der Waals surface area contributed by atoms with E-state index in [1.165, 1.54) is 5.69 Å². The van der Waals surface area contributed by atoms with Crippen LogP contribution in [0.2, 0.25) is 0 Å². The second-order valence-electron chi connectivity index (χ2n) is 7.02. The Hall–Kier alpha value is -3.30. The van der Waals surface area contributed by atoms with E-state index in [-0.39, 0.29) is 11.3 Å². The number of aromatic nitrogens is 2. The van der Waals surface area contributed by atoms with Gasteiger partial charge in [-0.05, 0) is 24.3 Å². The maximum Gasteiger partial charge on any atom is 0.155 e. The average molecular weight is 373 g/mol. The van der Waals surface area contributed by atoms with E-state index in [9.17, 15) is 10.4 Å². The zero-order chi connectivity index (χ0) is 19.5. The van der Waals surface area contributed by atoms with Gasteiger partial charge < -0.3 is 14.6 Å². The zero-order valence-corrected chi connectivity index (χ0v) is 15.9. The minimum absolute atomic E-state index is 0.0778. The Kier molecular flexibility index (Phi) is 5.00. The van der Waals surface area contributed by atoms with Crippen molar-refractivity contribution in [2.75, 3.05) is 37.6 Å². The molecule has 0 amide bonds. The highest BCUT2D eigenvalue weighted by Gasteiger charge is 2.21. The van der Waals surface area contributed by atoms with Crippen LogP contribution in [0.5, 0.6) is 0 Å². The van der Waals surface area contributed by atoms with Gasteiger partial charge in [-0.25, -0.2) is 4.98 Å². The molecule has 6 heteroatoms. The van der Waals surface area contributed by atoms with E-state index in [1.54, 1.807) is 0 Å². The second kappa shape index (κ2) is 7.75. The number of allylic oxidation sites excluding steroid dienone is 1. The van der Waals surface area contributed by atoms with E-state index in [0.29, 0.717) is 12.4 Å². The fourth-order valence-corrected chi connectivity index (χ4v) is 3.71. The summed E-state index contributed by atoms with van der Waals surface area (Å²) in [6.07, 6.45) is 0. The number of para-hydroxylation sites is 3. The number of rotatable bonds is 4. The molecule has 1 saturated heterocycles. The summed E-state index contributed by atoms with van der Waals surface area (Å²) in [6.45, 7) is 3.81. The highest BCUT2D eigenvalue weighted by molar-refractivity contribution is 5.83. The minimum Gasteiger partial charge on any atom is -0.509 e. The quantitative estimate of drug-likeness (QED) is 0.562. The van der Waals surface area contributed by atoms with Crippen molar-refractivity contribution in [1.29, 1.82) is 5.26 Å². The average Bonchev–Trinajstić information content (AvgIpc) is 3.06. The van der Waals surface area contributed by atoms with E-state index in [0.717, 1.165) is 37.2 Å². The molecule has 3 aromatic rings. The van der Waals surface area contributed by atoms with Crippen LogP contribution in [0, 0.1) is 11.3 Å². The van der Waals surface area contributed by atoms with Crippen LogP contribution in [0.3, 0.4) is 0 Å². The molecule has 1 aliphatic rings. The Morgan fingerprint density at radius 1 is 1.04 bits per heavy atom. The lowest BCUT2D eigenvalue weighted by atomic mass is 10.2. The molecule has 1 aromatic heterocycles. The molecule has 1 N–H and O–H groups in total. The van der Waals surface area contributed by atoms with Gasteiger partial charge in [-0.15, -0.1) is 0 Å². The topological polar surface area (TPSA) is 68.3 Å². The third kappa shape index (κ3) is 3.45. The van der Waals surface area contributed by atoms with Gasteiger partial charge in [0.15, 0.2) is 5.82 Å². The Labute approximate surface area is 164 Å². The Bertz CT molecular complexity index is 1040. The molecule has 1 fully saturated rings. The van der Waals surface area contributed by atoms with Crippen LogP contribution in [0.25, 0.3) is 16.6 Å². The van der Waals surface area contributed by atoms with Crippen LogP contribution in [0.4, 0.5) is 5.69 Å². The number of piperazine rings is 1. The molecule has 28 heavy (non-hydrogen) atoms. The van der Waals surface area contributed by atoms with Gasteiger partial charge in [0.25, 0.3) is 0 Å². The van der Waals surface area contributed by atoms with E-state index in [1.807, 2.05) is 54.1 Å². The van der Waals surface area contributed by atoms with Crippen molar-refractivity contribution in [2.24, 2.45) is 7.05 Å². The van der Waals surface area contributed by atoms with Gasteiger partial charge >= 0.3 is 0 Å². The summed E-state index contributed by atoms with van der Waals surface area (Å²) in [5.41, 5.74) is 3.22. The van der Waals surface area contributed by atoms with Gasteiger partial charge in [-0.3, -0.25) is 4.90 Å². The summed E-state index contributed by atoms with van der Waals surface area (Å²) in [5, 5.41) is 20.4. The lowest BCUT2D eigenvalue weighted by Crippen LogP contribution is -2.47. The lowest BCUT2D eigenvalue weighted by molar-refractivity contribution is 0.239.